The van der Waals surface area contributed by atoms with E-state index in [9.17, 15) is 9.59 Å². The van der Waals surface area contributed by atoms with Gasteiger partial charge in [0.15, 0.2) is 0 Å². The number of esters is 1. The van der Waals surface area contributed by atoms with Crippen LogP contribution in [-0.4, -0.2) is 17.9 Å². The van der Waals surface area contributed by atoms with Crippen molar-refractivity contribution in [2.24, 2.45) is 5.92 Å². The van der Waals surface area contributed by atoms with Crippen molar-refractivity contribution in [1.29, 1.82) is 0 Å². The fraction of sp³-hybridized carbons (Fsp3) is 0.846. The zero-order valence-corrected chi connectivity index (χ0v) is 10.9. The summed E-state index contributed by atoms with van der Waals surface area (Å²) in [6, 6.07) is 0. The molecule has 0 aliphatic carbocycles. The topological polar surface area (TPSA) is 43.4 Å². The molecule has 1 unspecified atom stereocenters. The monoisotopic (exact) mass is 228 g/mol. The first-order valence-electron chi connectivity index (χ1n) is 6.20. The second kappa shape index (κ2) is 8.31. The summed E-state index contributed by atoms with van der Waals surface area (Å²) in [5, 5.41) is 0. The van der Waals surface area contributed by atoms with Gasteiger partial charge in [0.1, 0.15) is 11.7 Å². The predicted octanol–water partition coefficient (Wildman–Crippen LogP) is 3.11. The van der Waals surface area contributed by atoms with Crippen molar-refractivity contribution in [1.82, 2.24) is 0 Å². The summed E-state index contributed by atoms with van der Waals surface area (Å²) < 4.78 is 5.19. The summed E-state index contributed by atoms with van der Waals surface area (Å²) in [6.07, 6.45) is 5.50. The van der Waals surface area contributed by atoms with E-state index in [4.69, 9.17) is 4.74 Å². The molecule has 0 saturated carbocycles. The maximum atomic E-state index is 11.4. The van der Waals surface area contributed by atoms with Gasteiger partial charge < -0.3 is 4.74 Å². The lowest BCUT2D eigenvalue weighted by Gasteiger charge is -2.15. The smallest absolute Gasteiger partial charge is 0.316 e. The Morgan fingerprint density at radius 2 is 1.75 bits per heavy atom. The van der Waals surface area contributed by atoms with E-state index >= 15 is 0 Å². The summed E-state index contributed by atoms with van der Waals surface area (Å²) in [6.45, 7) is 7.06. The van der Waals surface area contributed by atoms with Crippen molar-refractivity contribution >= 4 is 11.8 Å². The first kappa shape index (κ1) is 15.1. The van der Waals surface area contributed by atoms with E-state index in [-0.39, 0.29) is 11.9 Å². The van der Waals surface area contributed by atoms with Gasteiger partial charge in [-0.15, -0.1) is 0 Å². The van der Waals surface area contributed by atoms with Crippen LogP contribution in [0.2, 0.25) is 0 Å². The van der Waals surface area contributed by atoms with Gasteiger partial charge in [-0.1, -0.05) is 26.2 Å². The number of carbonyl (C=O) groups is 2. The Bertz CT molecular complexity index is 223. The Labute approximate surface area is 98.6 Å². The Hall–Kier alpha value is -0.860. The quantitative estimate of drug-likeness (QED) is 0.364. The van der Waals surface area contributed by atoms with Gasteiger partial charge in [0.25, 0.3) is 0 Å². The molecule has 0 aromatic carbocycles. The molecule has 0 radical (unpaired) electrons. The molecule has 0 fully saturated rings. The molecular weight excluding hydrogens is 204 g/mol. The van der Waals surface area contributed by atoms with Crippen LogP contribution in [0, 0.1) is 5.92 Å². The van der Waals surface area contributed by atoms with Crippen LogP contribution < -0.4 is 0 Å². The van der Waals surface area contributed by atoms with Gasteiger partial charge in [-0.05, 0) is 33.6 Å². The van der Waals surface area contributed by atoms with Gasteiger partial charge in [-0.3, -0.25) is 9.59 Å². The lowest BCUT2D eigenvalue weighted by Crippen LogP contribution is -2.25. The minimum atomic E-state index is -0.627. The number of hydrogen-bond donors (Lipinski definition) is 0. The predicted molar refractivity (Wildman–Crippen MR) is 64.2 cm³/mol. The fourth-order valence-electron chi connectivity index (χ4n) is 1.38. The van der Waals surface area contributed by atoms with Gasteiger partial charge in [0.05, 0.1) is 6.10 Å². The van der Waals surface area contributed by atoms with Crippen LogP contribution in [0.15, 0.2) is 0 Å². The van der Waals surface area contributed by atoms with Gasteiger partial charge in [0.2, 0.25) is 0 Å². The molecule has 0 saturated heterocycles. The molecule has 16 heavy (non-hydrogen) atoms. The molecule has 0 amide bonds. The molecule has 0 N–H and O–H groups in total. The molecule has 0 aromatic heterocycles. The van der Waals surface area contributed by atoms with Gasteiger partial charge in [-0.25, -0.2) is 0 Å². The number of rotatable bonds is 8. The van der Waals surface area contributed by atoms with Crippen molar-refractivity contribution in [3.05, 3.63) is 0 Å². The van der Waals surface area contributed by atoms with E-state index in [0.717, 1.165) is 12.8 Å². The highest BCUT2D eigenvalue weighted by Gasteiger charge is 2.20. The fourth-order valence-corrected chi connectivity index (χ4v) is 1.38. The Kier molecular flexibility index (Phi) is 7.86. The van der Waals surface area contributed by atoms with Crippen molar-refractivity contribution in [3.8, 4) is 0 Å². The molecule has 3 nitrogen and oxygen atoms in total. The molecule has 0 aliphatic rings. The van der Waals surface area contributed by atoms with Crippen molar-refractivity contribution in [3.63, 3.8) is 0 Å². The van der Waals surface area contributed by atoms with Crippen molar-refractivity contribution in [2.45, 2.75) is 65.9 Å². The number of unbranched alkanes of at least 4 members (excludes halogenated alkanes) is 3. The van der Waals surface area contributed by atoms with Crippen LogP contribution in [0.5, 0.6) is 0 Å². The lowest BCUT2D eigenvalue weighted by molar-refractivity contribution is -0.155. The van der Waals surface area contributed by atoms with E-state index in [1.165, 1.54) is 26.2 Å². The summed E-state index contributed by atoms with van der Waals surface area (Å²) in [7, 11) is 0. The zero-order chi connectivity index (χ0) is 12.6. The molecule has 0 aliphatic heterocycles. The maximum absolute atomic E-state index is 11.4. The maximum Gasteiger partial charge on any atom is 0.316 e. The summed E-state index contributed by atoms with van der Waals surface area (Å²) in [5.41, 5.74) is 0. The highest BCUT2D eigenvalue weighted by Crippen LogP contribution is 2.10. The second-order valence-corrected chi connectivity index (χ2v) is 4.43. The first-order chi connectivity index (χ1) is 7.49. The zero-order valence-electron chi connectivity index (χ0n) is 10.9. The van der Waals surface area contributed by atoms with Crippen LogP contribution in [0.4, 0.5) is 0 Å². The van der Waals surface area contributed by atoms with E-state index in [1.54, 1.807) is 6.92 Å². The number of ether oxygens (including phenoxy) is 1. The van der Waals surface area contributed by atoms with Crippen LogP contribution in [-0.2, 0) is 14.3 Å². The van der Waals surface area contributed by atoms with Crippen LogP contribution >= 0.6 is 0 Å². The first-order valence-corrected chi connectivity index (χ1v) is 6.20. The van der Waals surface area contributed by atoms with Gasteiger partial charge in [0, 0.05) is 0 Å². The van der Waals surface area contributed by atoms with Crippen LogP contribution in [0.1, 0.15) is 59.8 Å². The number of Topliss-reactive ketones (excluding diaryl/α,β-unsaturated/α-hetero) is 1. The third kappa shape index (κ3) is 6.59. The molecule has 3 heteroatoms. The molecule has 2 atom stereocenters. The molecule has 0 spiro atoms. The van der Waals surface area contributed by atoms with Crippen molar-refractivity contribution < 1.29 is 14.3 Å². The minimum absolute atomic E-state index is 0.0776. The standard InChI is InChI=1S/C13H24O3/c1-5-6-7-8-9-10(2)16-13(15)11(3)12(4)14/h10-11H,5-9H2,1-4H3/t10-,11?/m1/s1. The summed E-state index contributed by atoms with van der Waals surface area (Å²) in [4.78, 5) is 22.4. The molecule has 0 bridgehead atoms. The van der Waals surface area contributed by atoms with E-state index < -0.39 is 11.9 Å². The normalized spacial score (nSPS) is 14.2. The number of ketones is 1. The van der Waals surface area contributed by atoms with E-state index in [0.29, 0.717) is 0 Å². The third-order valence-corrected chi connectivity index (χ3v) is 2.74. The Morgan fingerprint density at radius 3 is 2.25 bits per heavy atom. The Morgan fingerprint density at radius 1 is 1.12 bits per heavy atom. The molecule has 0 heterocycles. The number of carbonyl (C=O) groups excluding carboxylic acids is 2. The summed E-state index contributed by atoms with van der Waals surface area (Å²) >= 11 is 0. The highest BCUT2D eigenvalue weighted by atomic mass is 16.5. The SMILES string of the molecule is CCCCCC[C@@H](C)OC(=O)C(C)C(C)=O. The Balaban J connectivity index is 3.74. The highest BCUT2D eigenvalue weighted by molar-refractivity contribution is 5.97. The van der Waals surface area contributed by atoms with Gasteiger partial charge >= 0.3 is 5.97 Å². The molecular formula is C13H24O3. The largest absolute Gasteiger partial charge is 0.462 e. The molecule has 0 aromatic rings. The van der Waals surface area contributed by atoms with Crippen LogP contribution in [0.25, 0.3) is 0 Å². The summed E-state index contributed by atoms with van der Waals surface area (Å²) in [5.74, 6) is -1.16. The third-order valence-electron chi connectivity index (χ3n) is 2.74. The van der Waals surface area contributed by atoms with Crippen molar-refractivity contribution in [2.75, 3.05) is 0 Å². The average Bonchev–Trinajstić information content (AvgIpc) is 2.23. The van der Waals surface area contributed by atoms with Gasteiger partial charge in [-0.2, -0.15) is 0 Å². The second-order valence-electron chi connectivity index (χ2n) is 4.43. The van der Waals surface area contributed by atoms with Crippen LogP contribution in [0.3, 0.4) is 0 Å². The molecule has 94 valence electrons. The lowest BCUT2D eigenvalue weighted by atomic mass is 10.1. The van der Waals surface area contributed by atoms with E-state index in [2.05, 4.69) is 6.92 Å². The number of hydrogen-bond acceptors (Lipinski definition) is 3. The molecule has 0 rings (SSSR count). The minimum Gasteiger partial charge on any atom is -0.462 e. The van der Waals surface area contributed by atoms with E-state index in [1.807, 2.05) is 6.92 Å². The average molecular weight is 228 g/mol.